The van der Waals surface area contributed by atoms with Crippen LogP contribution < -0.4 is 4.74 Å². The zero-order valence-electron chi connectivity index (χ0n) is 11.0. The van der Waals surface area contributed by atoms with Crippen molar-refractivity contribution in [1.29, 1.82) is 0 Å². The summed E-state index contributed by atoms with van der Waals surface area (Å²) in [4.78, 5) is 0. The predicted octanol–water partition coefficient (Wildman–Crippen LogP) is 3.35. The summed E-state index contributed by atoms with van der Waals surface area (Å²) in [5.41, 5.74) is 0.944. The average molecular weight is 247 g/mol. The van der Waals surface area contributed by atoms with E-state index >= 15 is 0 Å². The molecule has 1 saturated carbocycles. The van der Waals surface area contributed by atoms with E-state index in [9.17, 15) is 5.21 Å². The third kappa shape index (κ3) is 3.49. The minimum absolute atomic E-state index is 0.172. The summed E-state index contributed by atoms with van der Waals surface area (Å²) in [5, 5.41) is 12.0. The first-order valence-electron chi connectivity index (χ1n) is 6.83. The summed E-state index contributed by atoms with van der Waals surface area (Å²) in [6.07, 6.45) is 7.38. The van der Waals surface area contributed by atoms with Crippen molar-refractivity contribution in [3.8, 4) is 5.75 Å². The van der Waals surface area contributed by atoms with Crippen molar-refractivity contribution in [2.45, 2.75) is 45.1 Å². The Hall–Kier alpha value is -1.51. The van der Waals surface area contributed by atoms with E-state index < -0.39 is 0 Å². The SMILES string of the molecule is CCOc1ccc(C=[N+]([O-])C2CCCCC2)cc1. The molecule has 1 aromatic carbocycles. The van der Waals surface area contributed by atoms with Crippen molar-refractivity contribution in [2.75, 3.05) is 6.61 Å². The highest BCUT2D eigenvalue weighted by molar-refractivity contribution is 5.75. The monoisotopic (exact) mass is 247 g/mol. The van der Waals surface area contributed by atoms with Crippen LogP contribution in [0.4, 0.5) is 0 Å². The predicted molar refractivity (Wildman–Crippen MR) is 73.3 cm³/mol. The molecule has 0 amide bonds. The van der Waals surface area contributed by atoms with E-state index in [1.165, 1.54) is 19.3 Å². The van der Waals surface area contributed by atoms with Crippen LogP contribution in [0.15, 0.2) is 24.3 Å². The van der Waals surface area contributed by atoms with Crippen LogP contribution >= 0.6 is 0 Å². The third-order valence-electron chi connectivity index (χ3n) is 3.40. The van der Waals surface area contributed by atoms with Crippen LogP contribution in [-0.4, -0.2) is 23.6 Å². The lowest BCUT2D eigenvalue weighted by Crippen LogP contribution is -2.25. The normalized spacial score (nSPS) is 17.7. The Morgan fingerprint density at radius 3 is 2.50 bits per heavy atom. The average Bonchev–Trinajstić information content (AvgIpc) is 2.42. The van der Waals surface area contributed by atoms with Gasteiger partial charge < -0.3 is 9.94 Å². The van der Waals surface area contributed by atoms with Gasteiger partial charge in [-0.2, -0.15) is 0 Å². The maximum atomic E-state index is 12.0. The van der Waals surface area contributed by atoms with Crippen LogP contribution in [0.1, 0.15) is 44.6 Å². The fraction of sp³-hybridized carbons (Fsp3) is 0.533. The molecule has 3 heteroatoms. The summed E-state index contributed by atoms with van der Waals surface area (Å²) in [6, 6.07) is 7.84. The van der Waals surface area contributed by atoms with Gasteiger partial charge in [0.05, 0.1) is 6.61 Å². The van der Waals surface area contributed by atoms with Crippen LogP contribution in [0.3, 0.4) is 0 Å². The molecule has 2 rings (SSSR count). The zero-order chi connectivity index (χ0) is 12.8. The van der Waals surface area contributed by atoms with Crippen LogP contribution in [0.25, 0.3) is 0 Å². The number of hydrogen-bond acceptors (Lipinski definition) is 2. The maximum Gasteiger partial charge on any atom is 0.182 e. The Labute approximate surface area is 109 Å². The molecule has 18 heavy (non-hydrogen) atoms. The molecule has 0 unspecified atom stereocenters. The third-order valence-corrected chi connectivity index (χ3v) is 3.40. The summed E-state index contributed by atoms with van der Waals surface area (Å²) in [7, 11) is 0. The standard InChI is InChI=1S/C15H21NO2/c1-2-18-15-10-8-13(9-11-15)12-16(17)14-6-4-3-5-7-14/h8-12,14H,2-7H2,1H3. The van der Waals surface area contributed by atoms with Gasteiger partial charge in [-0.15, -0.1) is 0 Å². The molecule has 0 aliphatic heterocycles. The molecule has 0 heterocycles. The fourth-order valence-corrected chi connectivity index (χ4v) is 2.40. The van der Waals surface area contributed by atoms with Crippen molar-refractivity contribution < 1.29 is 9.48 Å². The van der Waals surface area contributed by atoms with Crippen molar-refractivity contribution in [3.63, 3.8) is 0 Å². The molecule has 0 bridgehead atoms. The summed E-state index contributed by atoms with van der Waals surface area (Å²) < 4.78 is 6.51. The Balaban J connectivity index is 2.01. The van der Waals surface area contributed by atoms with E-state index in [2.05, 4.69) is 0 Å². The first-order chi connectivity index (χ1) is 8.79. The molecular formula is C15H21NO2. The van der Waals surface area contributed by atoms with Gasteiger partial charge in [-0.05, 0) is 44.0 Å². The second kappa shape index (κ2) is 6.43. The number of hydrogen-bond donors (Lipinski definition) is 0. The van der Waals surface area contributed by atoms with Gasteiger partial charge in [0.2, 0.25) is 0 Å². The van der Waals surface area contributed by atoms with E-state index in [0.29, 0.717) is 6.61 Å². The van der Waals surface area contributed by atoms with E-state index in [1.807, 2.05) is 31.2 Å². The minimum atomic E-state index is 0.172. The molecule has 1 fully saturated rings. The second-order valence-corrected chi connectivity index (χ2v) is 4.78. The second-order valence-electron chi connectivity index (χ2n) is 4.78. The van der Waals surface area contributed by atoms with E-state index in [0.717, 1.165) is 28.9 Å². The number of benzene rings is 1. The van der Waals surface area contributed by atoms with Crippen molar-refractivity contribution in [2.24, 2.45) is 0 Å². The first kappa shape index (κ1) is 12.9. The highest BCUT2D eigenvalue weighted by Crippen LogP contribution is 2.20. The highest BCUT2D eigenvalue weighted by Gasteiger charge is 2.19. The van der Waals surface area contributed by atoms with E-state index in [1.54, 1.807) is 6.21 Å². The molecule has 0 saturated heterocycles. The molecule has 1 aromatic rings. The molecular weight excluding hydrogens is 226 g/mol. The summed E-state index contributed by atoms with van der Waals surface area (Å²) in [6.45, 7) is 2.63. The summed E-state index contributed by atoms with van der Waals surface area (Å²) in [5.74, 6) is 0.852. The van der Waals surface area contributed by atoms with Crippen LogP contribution in [0, 0.1) is 5.21 Å². The van der Waals surface area contributed by atoms with Crippen LogP contribution in [0.5, 0.6) is 5.75 Å². The number of ether oxygens (including phenoxy) is 1. The molecule has 3 nitrogen and oxygen atoms in total. The van der Waals surface area contributed by atoms with Crippen molar-refractivity contribution >= 4 is 6.21 Å². The number of hydroxylamine groups is 1. The minimum Gasteiger partial charge on any atom is -0.624 e. The lowest BCUT2D eigenvalue weighted by Gasteiger charge is -2.20. The highest BCUT2D eigenvalue weighted by atomic mass is 16.5. The van der Waals surface area contributed by atoms with Gasteiger partial charge in [0.15, 0.2) is 12.3 Å². The Bertz CT molecular complexity index is 391. The molecule has 98 valence electrons. The number of rotatable bonds is 4. The van der Waals surface area contributed by atoms with Gasteiger partial charge >= 0.3 is 0 Å². The first-order valence-corrected chi connectivity index (χ1v) is 6.83. The summed E-state index contributed by atoms with van der Waals surface area (Å²) >= 11 is 0. The lowest BCUT2D eigenvalue weighted by atomic mass is 9.96. The van der Waals surface area contributed by atoms with Gasteiger partial charge in [0, 0.05) is 18.4 Å². The van der Waals surface area contributed by atoms with Gasteiger partial charge in [0.1, 0.15) is 5.75 Å². The molecule has 0 N–H and O–H groups in total. The molecule has 0 spiro atoms. The van der Waals surface area contributed by atoms with Crippen molar-refractivity contribution in [3.05, 3.63) is 35.0 Å². The molecule has 0 aromatic heterocycles. The molecule has 1 aliphatic rings. The largest absolute Gasteiger partial charge is 0.624 e. The Morgan fingerprint density at radius 1 is 1.22 bits per heavy atom. The quantitative estimate of drug-likeness (QED) is 0.354. The Morgan fingerprint density at radius 2 is 1.89 bits per heavy atom. The van der Waals surface area contributed by atoms with Gasteiger partial charge in [-0.1, -0.05) is 6.42 Å². The molecule has 0 radical (unpaired) electrons. The lowest BCUT2D eigenvalue weighted by molar-refractivity contribution is -0.500. The van der Waals surface area contributed by atoms with Gasteiger partial charge in [-0.3, -0.25) is 0 Å². The molecule has 1 aliphatic carbocycles. The fourth-order valence-electron chi connectivity index (χ4n) is 2.40. The van der Waals surface area contributed by atoms with Crippen LogP contribution in [0.2, 0.25) is 0 Å². The van der Waals surface area contributed by atoms with Crippen molar-refractivity contribution in [1.82, 2.24) is 0 Å². The maximum absolute atomic E-state index is 12.0. The van der Waals surface area contributed by atoms with Crippen LogP contribution in [-0.2, 0) is 0 Å². The zero-order valence-corrected chi connectivity index (χ0v) is 11.0. The topological polar surface area (TPSA) is 35.3 Å². The van der Waals surface area contributed by atoms with Gasteiger partial charge in [-0.25, -0.2) is 4.74 Å². The van der Waals surface area contributed by atoms with Gasteiger partial charge in [0.25, 0.3) is 0 Å². The van der Waals surface area contributed by atoms with E-state index in [-0.39, 0.29) is 6.04 Å². The van der Waals surface area contributed by atoms with E-state index in [4.69, 9.17) is 4.74 Å². The number of nitrogens with zero attached hydrogens (tertiary/aromatic N) is 1. The smallest absolute Gasteiger partial charge is 0.182 e. The Kier molecular flexibility index (Phi) is 4.62. The molecule has 0 atom stereocenters.